The Hall–Kier alpha value is -1.46. The molecule has 1 aromatic carbocycles. The summed E-state index contributed by atoms with van der Waals surface area (Å²) < 4.78 is 16.4. The first-order valence-electron chi connectivity index (χ1n) is 6.66. The third kappa shape index (κ3) is 2.48. The number of benzene rings is 1. The molecule has 2 aliphatic rings. The number of rotatable bonds is 3. The van der Waals surface area contributed by atoms with Gasteiger partial charge in [-0.3, -0.25) is 0 Å². The molecule has 3 rings (SSSR count). The van der Waals surface area contributed by atoms with Gasteiger partial charge in [0.05, 0.1) is 12.7 Å². The lowest BCUT2D eigenvalue weighted by Crippen LogP contribution is -2.34. The number of aliphatic hydroxyl groups excluding tert-OH is 2. The van der Waals surface area contributed by atoms with E-state index in [2.05, 4.69) is 0 Å². The highest BCUT2D eigenvalue weighted by molar-refractivity contribution is 5.51. The van der Waals surface area contributed by atoms with Gasteiger partial charge in [0.2, 0.25) is 6.79 Å². The summed E-state index contributed by atoms with van der Waals surface area (Å²) in [5, 5.41) is 19.4. The fraction of sp³-hybridized carbons (Fsp3) is 0.571. The van der Waals surface area contributed by atoms with E-state index < -0.39 is 6.10 Å². The molecule has 1 saturated carbocycles. The molecule has 0 spiro atoms. The Morgan fingerprint density at radius 1 is 1.16 bits per heavy atom. The first-order valence-corrected chi connectivity index (χ1v) is 6.66. The van der Waals surface area contributed by atoms with Crippen LogP contribution in [0.5, 0.6) is 17.2 Å². The topological polar surface area (TPSA) is 68.2 Å². The Balaban J connectivity index is 1.83. The van der Waals surface area contributed by atoms with Crippen LogP contribution in [0, 0.1) is 0 Å². The molecule has 0 radical (unpaired) electrons. The van der Waals surface area contributed by atoms with Crippen LogP contribution >= 0.6 is 0 Å². The quantitative estimate of drug-likeness (QED) is 0.869. The largest absolute Gasteiger partial charge is 0.487 e. The minimum atomic E-state index is -0.439. The minimum Gasteiger partial charge on any atom is -0.487 e. The Labute approximate surface area is 111 Å². The van der Waals surface area contributed by atoms with Gasteiger partial charge in [0.15, 0.2) is 11.5 Å². The average Bonchev–Trinajstić information content (AvgIpc) is 2.87. The molecule has 5 heteroatoms. The maximum atomic E-state index is 9.94. The number of fused-ring (bicyclic) bond motifs is 1. The lowest BCUT2D eigenvalue weighted by atomic mass is 9.95. The van der Waals surface area contributed by atoms with E-state index in [0.29, 0.717) is 22.8 Å². The normalized spacial score (nSPS) is 25.4. The zero-order chi connectivity index (χ0) is 13.2. The van der Waals surface area contributed by atoms with Gasteiger partial charge in [-0.2, -0.15) is 0 Å². The van der Waals surface area contributed by atoms with Crippen molar-refractivity contribution >= 4 is 0 Å². The molecule has 1 aromatic rings. The van der Waals surface area contributed by atoms with E-state index in [1.807, 2.05) is 0 Å². The van der Waals surface area contributed by atoms with E-state index in [9.17, 15) is 10.2 Å². The molecule has 1 aliphatic heterocycles. The first-order chi connectivity index (χ1) is 9.28. The van der Waals surface area contributed by atoms with Crippen LogP contribution < -0.4 is 14.2 Å². The Morgan fingerprint density at radius 2 is 1.89 bits per heavy atom. The third-order valence-electron chi connectivity index (χ3n) is 3.67. The van der Waals surface area contributed by atoms with E-state index in [-0.39, 0.29) is 19.5 Å². The maximum Gasteiger partial charge on any atom is 0.231 e. The van der Waals surface area contributed by atoms with Gasteiger partial charge in [0, 0.05) is 11.6 Å². The number of aliphatic hydroxyl groups is 2. The monoisotopic (exact) mass is 266 g/mol. The second kappa shape index (κ2) is 5.27. The lowest BCUT2D eigenvalue weighted by molar-refractivity contribution is 0.00578. The molecule has 0 aromatic heterocycles. The molecule has 2 atom stereocenters. The molecule has 1 heterocycles. The van der Waals surface area contributed by atoms with Gasteiger partial charge in [0.1, 0.15) is 11.9 Å². The summed E-state index contributed by atoms with van der Waals surface area (Å²) in [6.45, 7) is 0.0600. The highest BCUT2D eigenvalue weighted by Gasteiger charge is 2.26. The van der Waals surface area contributed by atoms with Gasteiger partial charge in [0.25, 0.3) is 0 Å². The fourth-order valence-electron chi connectivity index (χ4n) is 2.58. The van der Waals surface area contributed by atoms with Gasteiger partial charge in [-0.25, -0.2) is 0 Å². The molecule has 104 valence electrons. The van der Waals surface area contributed by atoms with E-state index in [1.54, 1.807) is 12.1 Å². The number of ether oxygens (including phenoxy) is 3. The fourth-order valence-corrected chi connectivity index (χ4v) is 2.58. The van der Waals surface area contributed by atoms with Crippen LogP contribution in [0.1, 0.15) is 31.2 Å². The van der Waals surface area contributed by atoms with Gasteiger partial charge >= 0.3 is 0 Å². The van der Waals surface area contributed by atoms with Crippen molar-refractivity contribution < 1.29 is 24.4 Å². The molecule has 19 heavy (non-hydrogen) atoms. The Kier molecular flexibility index (Phi) is 3.48. The summed E-state index contributed by atoms with van der Waals surface area (Å²) in [5.41, 5.74) is 0.655. The SMILES string of the molecule is OCc1cc2c(cc1OC1CCCCC1O)OCO2. The molecule has 0 saturated heterocycles. The second-order valence-electron chi connectivity index (χ2n) is 4.98. The predicted octanol–water partition coefficient (Wildman–Crippen LogP) is 1.59. The molecule has 1 fully saturated rings. The van der Waals surface area contributed by atoms with Crippen molar-refractivity contribution in [3.05, 3.63) is 17.7 Å². The van der Waals surface area contributed by atoms with Crippen LogP contribution in [-0.2, 0) is 6.61 Å². The molecular weight excluding hydrogens is 248 g/mol. The zero-order valence-corrected chi connectivity index (χ0v) is 10.7. The van der Waals surface area contributed by atoms with Crippen LogP contribution in [-0.4, -0.2) is 29.2 Å². The molecule has 0 amide bonds. The lowest BCUT2D eigenvalue weighted by Gasteiger charge is -2.29. The summed E-state index contributed by atoms with van der Waals surface area (Å²) in [6, 6.07) is 3.46. The van der Waals surface area contributed by atoms with Crippen LogP contribution in [0.25, 0.3) is 0 Å². The molecule has 0 bridgehead atoms. The standard InChI is InChI=1S/C14H18O5/c15-7-9-5-13-14(18-8-17-13)6-12(9)19-11-4-2-1-3-10(11)16/h5-6,10-11,15-16H,1-4,7-8H2. The highest BCUT2D eigenvalue weighted by atomic mass is 16.7. The van der Waals surface area contributed by atoms with Crippen molar-refractivity contribution in [3.63, 3.8) is 0 Å². The van der Waals surface area contributed by atoms with E-state index in [4.69, 9.17) is 14.2 Å². The molecular formula is C14H18O5. The van der Waals surface area contributed by atoms with Crippen LogP contribution in [0.4, 0.5) is 0 Å². The van der Waals surface area contributed by atoms with E-state index >= 15 is 0 Å². The van der Waals surface area contributed by atoms with Crippen LogP contribution in [0.2, 0.25) is 0 Å². The van der Waals surface area contributed by atoms with Crippen molar-refractivity contribution in [2.75, 3.05) is 6.79 Å². The smallest absolute Gasteiger partial charge is 0.231 e. The van der Waals surface area contributed by atoms with Crippen molar-refractivity contribution in [1.82, 2.24) is 0 Å². The Morgan fingerprint density at radius 3 is 2.63 bits per heavy atom. The molecule has 1 aliphatic carbocycles. The van der Waals surface area contributed by atoms with Gasteiger partial charge < -0.3 is 24.4 Å². The minimum absolute atomic E-state index is 0.130. The summed E-state index contributed by atoms with van der Waals surface area (Å²) in [7, 11) is 0. The predicted molar refractivity (Wildman–Crippen MR) is 67.4 cm³/mol. The van der Waals surface area contributed by atoms with Gasteiger partial charge in [-0.05, 0) is 25.3 Å². The zero-order valence-electron chi connectivity index (χ0n) is 10.7. The Bertz CT molecular complexity index is 459. The molecule has 2 N–H and O–H groups in total. The van der Waals surface area contributed by atoms with Crippen LogP contribution in [0.15, 0.2) is 12.1 Å². The van der Waals surface area contributed by atoms with Gasteiger partial charge in [-0.1, -0.05) is 6.42 Å². The van der Waals surface area contributed by atoms with E-state index in [0.717, 1.165) is 25.7 Å². The third-order valence-corrected chi connectivity index (χ3v) is 3.67. The molecule has 5 nitrogen and oxygen atoms in total. The van der Waals surface area contributed by atoms with Crippen molar-refractivity contribution in [2.24, 2.45) is 0 Å². The van der Waals surface area contributed by atoms with Crippen LogP contribution in [0.3, 0.4) is 0 Å². The average molecular weight is 266 g/mol. The highest BCUT2D eigenvalue weighted by Crippen LogP contribution is 2.39. The summed E-state index contributed by atoms with van der Waals surface area (Å²) in [6.07, 6.45) is 3.05. The van der Waals surface area contributed by atoms with Gasteiger partial charge in [-0.15, -0.1) is 0 Å². The van der Waals surface area contributed by atoms with Crippen molar-refractivity contribution in [3.8, 4) is 17.2 Å². The number of hydrogen-bond acceptors (Lipinski definition) is 5. The second-order valence-corrected chi connectivity index (χ2v) is 4.98. The van der Waals surface area contributed by atoms with E-state index in [1.165, 1.54) is 0 Å². The summed E-state index contributed by atoms with van der Waals surface area (Å²) in [5.74, 6) is 1.82. The first kappa shape index (κ1) is 12.6. The summed E-state index contributed by atoms with van der Waals surface area (Å²) >= 11 is 0. The van der Waals surface area contributed by atoms with Crippen molar-refractivity contribution in [2.45, 2.75) is 44.5 Å². The molecule has 2 unspecified atom stereocenters. The maximum absolute atomic E-state index is 9.94. The van der Waals surface area contributed by atoms with Crippen molar-refractivity contribution in [1.29, 1.82) is 0 Å². The number of hydrogen-bond donors (Lipinski definition) is 2. The summed E-state index contributed by atoms with van der Waals surface area (Å²) in [4.78, 5) is 0.